The maximum atomic E-state index is 12.4. The summed E-state index contributed by atoms with van der Waals surface area (Å²) in [5, 5.41) is 0. The smallest absolute Gasteiger partial charge is 0.244 e. The first-order chi connectivity index (χ1) is 9.83. The molecule has 3 N–H and O–H groups in total. The van der Waals surface area contributed by atoms with Gasteiger partial charge in [0.2, 0.25) is 10.0 Å². The van der Waals surface area contributed by atoms with Gasteiger partial charge in [0.1, 0.15) is 10.6 Å². The minimum absolute atomic E-state index is 0.0151. The minimum atomic E-state index is -3.72. The van der Waals surface area contributed by atoms with Gasteiger partial charge in [-0.1, -0.05) is 0 Å². The summed E-state index contributed by atoms with van der Waals surface area (Å²) < 4.78 is 34.0. The van der Waals surface area contributed by atoms with E-state index in [1.54, 1.807) is 0 Å². The maximum absolute atomic E-state index is 12.4. The monoisotopic (exact) mass is 454 g/mol. The molecule has 0 saturated carbocycles. The van der Waals surface area contributed by atoms with Crippen LogP contribution in [-0.2, 0) is 16.6 Å². The topological polar surface area (TPSA) is 81.4 Å². The third-order valence-electron chi connectivity index (χ3n) is 2.64. The molecule has 0 atom stereocenters. The molecular formula is C12H12Br2N2O3S2. The van der Waals surface area contributed by atoms with Crippen LogP contribution in [0.2, 0.25) is 0 Å². The number of ether oxygens (including phenoxy) is 1. The molecule has 21 heavy (non-hydrogen) atoms. The van der Waals surface area contributed by atoms with Gasteiger partial charge in [-0.3, -0.25) is 0 Å². The van der Waals surface area contributed by atoms with E-state index in [-0.39, 0.29) is 17.2 Å². The van der Waals surface area contributed by atoms with Crippen LogP contribution in [0.1, 0.15) is 4.88 Å². The number of halogens is 2. The lowest BCUT2D eigenvalue weighted by Crippen LogP contribution is -2.23. The van der Waals surface area contributed by atoms with Gasteiger partial charge in [-0.05, 0) is 56.1 Å². The number of benzene rings is 1. The van der Waals surface area contributed by atoms with Gasteiger partial charge in [0.05, 0.1) is 10.9 Å². The number of anilines is 1. The van der Waals surface area contributed by atoms with E-state index in [2.05, 4.69) is 36.6 Å². The Morgan fingerprint density at radius 3 is 2.62 bits per heavy atom. The van der Waals surface area contributed by atoms with Crippen molar-refractivity contribution in [3.05, 3.63) is 37.4 Å². The Kier molecular flexibility index (Phi) is 5.31. The van der Waals surface area contributed by atoms with Gasteiger partial charge in [0.25, 0.3) is 0 Å². The molecule has 2 aromatic rings. The van der Waals surface area contributed by atoms with Crippen LogP contribution in [0.25, 0.3) is 0 Å². The molecule has 0 bridgehead atoms. The van der Waals surface area contributed by atoms with E-state index in [1.165, 1.54) is 30.6 Å². The number of hydrogen-bond donors (Lipinski definition) is 2. The van der Waals surface area contributed by atoms with Crippen LogP contribution in [0.5, 0.6) is 5.75 Å². The van der Waals surface area contributed by atoms with E-state index in [1.807, 2.05) is 12.1 Å². The van der Waals surface area contributed by atoms with Crippen LogP contribution >= 0.6 is 43.2 Å². The van der Waals surface area contributed by atoms with Gasteiger partial charge >= 0.3 is 0 Å². The van der Waals surface area contributed by atoms with Gasteiger partial charge in [0.15, 0.2) is 0 Å². The summed E-state index contributed by atoms with van der Waals surface area (Å²) in [5.41, 5.74) is 6.08. The van der Waals surface area contributed by atoms with E-state index in [9.17, 15) is 8.42 Å². The number of nitrogen functional groups attached to an aromatic ring is 1. The highest BCUT2D eigenvalue weighted by atomic mass is 79.9. The number of hydrogen-bond acceptors (Lipinski definition) is 5. The summed E-state index contributed by atoms with van der Waals surface area (Å²) in [6, 6.07) is 6.62. The second-order valence-electron chi connectivity index (χ2n) is 4.05. The first-order valence-electron chi connectivity index (χ1n) is 5.70. The van der Waals surface area contributed by atoms with Crippen molar-refractivity contribution in [3.8, 4) is 5.75 Å². The van der Waals surface area contributed by atoms with Crippen LogP contribution in [0, 0.1) is 0 Å². The Bertz CT molecular complexity index is 760. The zero-order valence-corrected chi connectivity index (χ0v) is 15.7. The summed E-state index contributed by atoms with van der Waals surface area (Å²) in [4.78, 5) is 0.913. The van der Waals surface area contributed by atoms with Crippen molar-refractivity contribution in [2.24, 2.45) is 0 Å². The summed E-state index contributed by atoms with van der Waals surface area (Å²) >= 11 is 8.05. The number of sulfonamides is 1. The van der Waals surface area contributed by atoms with Crippen LogP contribution in [0.15, 0.2) is 37.4 Å². The quantitative estimate of drug-likeness (QED) is 0.677. The van der Waals surface area contributed by atoms with Gasteiger partial charge in [-0.15, -0.1) is 11.3 Å². The molecule has 0 fully saturated rings. The van der Waals surface area contributed by atoms with Crippen molar-refractivity contribution in [1.29, 1.82) is 0 Å². The van der Waals surface area contributed by atoms with Gasteiger partial charge in [-0.2, -0.15) is 0 Å². The molecule has 114 valence electrons. The molecular weight excluding hydrogens is 444 g/mol. The van der Waals surface area contributed by atoms with Crippen LogP contribution < -0.4 is 15.2 Å². The number of thiophene rings is 1. The highest BCUT2D eigenvalue weighted by Crippen LogP contribution is 2.32. The molecule has 9 heteroatoms. The second-order valence-corrected chi connectivity index (χ2v) is 9.19. The Hall–Kier alpha value is -0.610. The fraction of sp³-hybridized carbons (Fsp3) is 0.167. The molecule has 1 aromatic carbocycles. The molecule has 1 aromatic heterocycles. The lowest BCUT2D eigenvalue weighted by Gasteiger charge is -2.12. The molecule has 0 radical (unpaired) electrons. The van der Waals surface area contributed by atoms with Crippen molar-refractivity contribution in [1.82, 2.24) is 4.72 Å². The Labute approximate surface area is 143 Å². The summed E-state index contributed by atoms with van der Waals surface area (Å²) in [6.45, 7) is 0.206. The SMILES string of the molecule is COc1cc(Br)c(N)cc1S(=O)(=O)NCc1ccc(Br)s1. The molecule has 0 amide bonds. The van der Waals surface area contributed by atoms with E-state index in [0.29, 0.717) is 10.2 Å². The molecule has 0 unspecified atom stereocenters. The lowest BCUT2D eigenvalue weighted by atomic mass is 10.3. The van der Waals surface area contributed by atoms with Crippen molar-refractivity contribution in [3.63, 3.8) is 0 Å². The average molecular weight is 456 g/mol. The lowest BCUT2D eigenvalue weighted by molar-refractivity contribution is 0.402. The summed E-state index contributed by atoms with van der Waals surface area (Å²) in [6.07, 6.45) is 0. The van der Waals surface area contributed by atoms with E-state index < -0.39 is 10.0 Å². The molecule has 0 aliphatic rings. The largest absolute Gasteiger partial charge is 0.495 e. The van der Waals surface area contributed by atoms with Crippen LogP contribution in [0.3, 0.4) is 0 Å². The van der Waals surface area contributed by atoms with Crippen LogP contribution in [-0.4, -0.2) is 15.5 Å². The molecule has 5 nitrogen and oxygen atoms in total. The Morgan fingerprint density at radius 1 is 1.33 bits per heavy atom. The van der Waals surface area contributed by atoms with Gasteiger partial charge in [-0.25, -0.2) is 13.1 Å². The fourth-order valence-corrected chi connectivity index (χ4v) is 4.64. The first kappa shape index (κ1) is 16.8. The number of nitrogens with two attached hydrogens (primary N) is 1. The van der Waals surface area contributed by atoms with Crippen molar-refractivity contribution < 1.29 is 13.2 Å². The fourth-order valence-electron chi connectivity index (χ4n) is 1.61. The second kappa shape index (κ2) is 6.66. The number of nitrogens with one attached hydrogen (secondary N) is 1. The minimum Gasteiger partial charge on any atom is -0.495 e. The first-order valence-corrected chi connectivity index (χ1v) is 9.59. The zero-order chi connectivity index (χ0) is 15.6. The standard InChI is InChI=1S/C12H12Br2N2O3S2/c1-19-10-4-8(13)9(15)5-11(10)21(17,18)16-6-7-2-3-12(14)20-7/h2-5,16H,6,15H2,1H3. The third-order valence-corrected chi connectivity index (χ3v) is 6.37. The highest BCUT2D eigenvalue weighted by Gasteiger charge is 2.21. The Morgan fingerprint density at radius 2 is 2.05 bits per heavy atom. The molecule has 1 heterocycles. The zero-order valence-electron chi connectivity index (χ0n) is 10.9. The van der Waals surface area contributed by atoms with Crippen LogP contribution in [0.4, 0.5) is 5.69 Å². The van der Waals surface area contributed by atoms with E-state index in [0.717, 1.165) is 8.66 Å². The normalized spacial score (nSPS) is 11.6. The van der Waals surface area contributed by atoms with Crippen molar-refractivity contribution >= 4 is 58.9 Å². The predicted octanol–water partition coefficient (Wildman–Crippen LogP) is 3.34. The highest BCUT2D eigenvalue weighted by molar-refractivity contribution is 9.11. The molecule has 0 saturated heterocycles. The van der Waals surface area contributed by atoms with E-state index >= 15 is 0 Å². The Balaban J connectivity index is 2.28. The molecule has 0 spiro atoms. The predicted molar refractivity (Wildman–Crippen MR) is 91.2 cm³/mol. The summed E-state index contributed by atoms with van der Waals surface area (Å²) in [7, 11) is -2.31. The van der Waals surface area contributed by atoms with Crippen molar-refractivity contribution in [2.75, 3.05) is 12.8 Å². The van der Waals surface area contributed by atoms with Gasteiger partial charge < -0.3 is 10.5 Å². The molecule has 2 rings (SSSR count). The number of rotatable bonds is 5. The van der Waals surface area contributed by atoms with Gasteiger partial charge in [0, 0.05) is 21.6 Å². The maximum Gasteiger partial charge on any atom is 0.244 e. The van der Waals surface area contributed by atoms with Crippen molar-refractivity contribution in [2.45, 2.75) is 11.4 Å². The average Bonchev–Trinajstić information content (AvgIpc) is 2.85. The summed E-state index contributed by atoms with van der Waals surface area (Å²) in [5.74, 6) is 0.232. The van der Waals surface area contributed by atoms with E-state index in [4.69, 9.17) is 10.5 Å². The number of methoxy groups -OCH3 is 1. The molecule has 0 aliphatic heterocycles. The molecule has 0 aliphatic carbocycles. The third kappa shape index (κ3) is 3.98.